The summed E-state index contributed by atoms with van der Waals surface area (Å²) in [5.41, 5.74) is 0.128. The summed E-state index contributed by atoms with van der Waals surface area (Å²) >= 11 is 0. The van der Waals surface area contributed by atoms with Gasteiger partial charge in [0.15, 0.2) is 0 Å². The van der Waals surface area contributed by atoms with Crippen LogP contribution in [0.1, 0.15) is 58.8 Å². The number of aliphatic hydroxyl groups is 1. The molecule has 1 saturated carbocycles. The second kappa shape index (κ2) is 7.38. The van der Waals surface area contributed by atoms with Crippen molar-refractivity contribution in [3.8, 4) is 0 Å². The van der Waals surface area contributed by atoms with E-state index in [1.165, 1.54) is 38.6 Å². The summed E-state index contributed by atoms with van der Waals surface area (Å²) in [4.78, 5) is 2.46. The molecule has 0 bridgehead atoms. The predicted octanol–water partition coefficient (Wildman–Crippen LogP) is 3.30. The SMILES string of the molecule is CCC(CC)(CO)CN(C)CC1CCCCC1. The van der Waals surface area contributed by atoms with Crippen LogP contribution >= 0.6 is 0 Å². The van der Waals surface area contributed by atoms with E-state index in [1.807, 2.05) is 0 Å². The molecule has 1 rings (SSSR count). The molecule has 102 valence electrons. The first-order chi connectivity index (χ1) is 8.15. The lowest BCUT2D eigenvalue weighted by molar-refractivity contribution is 0.0672. The van der Waals surface area contributed by atoms with Gasteiger partial charge in [-0.05, 0) is 38.6 Å². The monoisotopic (exact) mass is 241 g/mol. The first-order valence-electron chi connectivity index (χ1n) is 7.45. The van der Waals surface area contributed by atoms with Crippen LogP contribution in [0.2, 0.25) is 0 Å². The zero-order valence-electron chi connectivity index (χ0n) is 12.0. The van der Waals surface area contributed by atoms with Crippen LogP contribution in [0.3, 0.4) is 0 Å². The van der Waals surface area contributed by atoms with Gasteiger partial charge in [0.25, 0.3) is 0 Å². The van der Waals surface area contributed by atoms with Gasteiger partial charge in [0, 0.05) is 25.1 Å². The van der Waals surface area contributed by atoms with Crippen molar-refractivity contribution >= 4 is 0 Å². The van der Waals surface area contributed by atoms with Gasteiger partial charge in [0.1, 0.15) is 0 Å². The summed E-state index contributed by atoms with van der Waals surface area (Å²) in [5, 5.41) is 9.60. The highest BCUT2D eigenvalue weighted by molar-refractivity contribution is 4.80. The van der Waals surface area contributed by atoms with Crippen molar-refractivity contribution in [2.45, 2.75) is 58.8 Å². The second-order valence-corrected chi connectivity index (χ2v) is 6.07. The van der Waals surface area contributed by atoms with Crippen LogP contribution in [0.25, 0.3) is 0 Å². The lowest BCUT2D eigenvalue weighted by Gasteiger charge is -2.36. The Hall–Kier alpha value is -0.0800. The van der Waals surface area contributed by atoms with E-state index in [9.17, 15) is 5.11 Å². The summed E-state index contributed by atoms with van der Waals surface area (Å²) in [5.74, 6) is 0.902. The highest BCUT2D eigenvalue weighted by Gasteiger charge is 2.27. The first kappa shape index (κ1) is 15.0. The smallest absolute Gasteiger partial charge is 0.0499 e. The summed E-state index contributed by atoms with van der Waals surface area (Å²) in [7, 11) is 2.23. The molecule has 1 fully saturated rings. The van der Waals surface area contributed by atoms with E-state index in [1.54, 1.807) is 0 Å². The Morgan fingerprint density at radius 3 is 2.18 bits per heavy atom. The van der Waals surface area contributed by atoms with Gasteiger partial charge in [-0.2, -0.15) is 0 Å². The van der Waals surface area contributed by atoms with Crippen LogP contribution in [0.4, 0.5) is 0 Å². The van der Waals surface area contributed by atoms with Crippen LogP contribution < -0.4 is 0 Å². The molecule has 0 aromatic carbocycles. The Labute approximate surface area is 107 Å². The minimum absolute atomic E-state index is 0.128. The van der Waals surface area contributed by atoms with Crippen LogP contribution in [-0.4, -0.2) is 36.8 Å². The van der Waals surface area contributed by atoms with Crippen molar-refractivity contribution in [3.63, 3.8) is 0 Å². The maximum Gasteiger partial charge on any atom is 0.0499 e. The predicted molar refractivity (Wildman–Crippen MR) is 74.2 cm³/mol. The molecular formula is C15H31NO. The molecule has 0 unspecified atom stereocenters. The van der Waals surface area contributed by atoms with Crippen LogP contribution in [0.5, 0.6) is 0 Å². The Kier molecular flexibility index (Phi) is 6.50. The summed E-state index contributed by atoms with van der Waals surface area (Å²) in [6.07, 6.45) is 9.26. The minimum Gasteiger partial charge on any atom is -0.396 e. The molecule has 0 heterocycles. The Bertz CT molecular complexity index is 187. The average molecular weight is 241 g/mol. The number of rotatable bonds is 7. The standard InChI is InChI=1S/C15H31NO/c1-4-15(5-2,13-17)12-16(3)11-14-9-7-6-8-10-14/h14,17H,4-13H2,1-3H3. The largest absolute Gasteiger partial charge is 0.396 e. The van der Waals surface area contributed by atoms with Gasteiger partial charge < -0.3 is 10.0 Å². The third-order valence-electron chi connectivity index (χ3n) is 4.74. The Morgan fingerprint density at radius 1 is 1.12 bits per heavy atom. The van der Waals surface area contributed by atoms with Crippen molar-refractivity contribution in [2.24, 2.45) is 11.3 Å². The molecule has 0 aliphatic heterocycles. The number of nitrogens with zero attached hydrogens (tertiary/aromatic N) is 1. The fourth-order valence-electron chi connectivity index (χ4n) is 3.19. The molecule has 0 radical (unpaired) electrons. The molecule has 1 N–H and O–H groups in total. The zero-order chi connectivity index (χ0) is 12.7. The highest BCUT2D eigenvalue weighted by atomic mass is 16.3. The fraction of sp³-hybridized carbons (Fsp3) is 1.00. The molecule has 0 aromatic heterocycles. The quantitative estimate of drug-likeness (QED) is 0.739. The van der Waals surface area contributed by atoms with Gasteiger partial charge in [0.2, 0.25) is 0 Å². The van der Waals surface area contributed by atoms with Crippen LogP contribution in [-0.2, 0) is 0 Å². The van der Waals surface area contributed by atoms with E-state index in [4.69, 9.17) is 0 Å². The molecule has 0 spiro atoms. The second-order valence-electron chi connectivity index (χ2n) is 6.07. The Balaban J connectivity index is 2.38. The van der Waals surface area contributed by atoms with E-state index in [0.29, 0.717) is 6.61 Å². The molecule has 0 atom stereocenters. The number of hydrogen-bond donors (Lipinski definition) is 1. The molecule has 0 aromatic rings. The fourth-order valence-corrected chi connectivity index (χ4v) is 3.19. The van der Waals surface area contributed by atoms with Crippen LogP contribution in [0.15, 0.2) is 0 Å². The summed E-state index contributed by atoms with van der Waals surface area (Å²) < 4.78 is 0. The van der Waals surface area contributed by atoms with Crippen molar-refractivity contribution in [1.29, 1.82) is 0 Å². The van der Waals surface area contributed by atoms with E-state index < -0.39 is 0 Å². The summed E-state index contributed by atoms with van der Waals surface area (Å²) in [6.45, 7) is 7.01. The lowest BCUT2D eigenvalue weighted by Crippen LogP contribution is -2.40. The van der Waals surface area contributed by atoms with Gasteiger partial charge in [-0.25, -0.2) is 0 Å². The van der Waals surface area contributed by atoms with Crippen molar-refractivity contribution in [2.75, 3.05) is 26.7 Å². The number of hydrogen-bond acceptors (Lipinski definition) is 2. The molecule has 0 amide bonds. The van der Waals surface area contributed by atoms with Gasteiger partial charge in [-0.1, -0.05) is 33.1 Å². The molecular weight excluding hydrogens is 210 g/mol. The molecule has 1 aliphatic carbocycles. The van der Waals surface area contributed by atoms with Gasteiger partial charge in [-0.15, -0.1) is 0 Å². The average Bonchev–Trinajstić information content (AvgIpc) is 2.37. The van der Waals surface area contributed by atoms with Crippen molar-refractivity contribution < 1.29 is 5.11 Å². The van der Waals surface area contributed by atoms with E-state index >= 15 is 0 Å². The molecule has 17 heavy (non-hydrogen) atoms. The third-order valence-corrected chi connectivity index (χ3v) is 4.74. The third kappa shape index (κ3) is 4.59. The van der Waals surface area contributed by atoms with Crippen LogP contribution in [0, 0.1) is 11.3 Å². The van der Waals surface area contributed by atoms with Crippen molar-refractivity contribution in [1.82, 2.24) is 4.90 Å². The van der Waals surface area contributed by atoms with Gasteiger partial charge >= 0.3 is 0 Å². The summed E-state index contributed by atoms with van der Waals surface area (Å²) in [6, 6.07) is 0. The van der Waals surface area contributed by atoms with E-state index in [-0.39, 0.29) is 5.41 Å². The van der Waals surface area contributed by atoms with E-state index in [0.717, 1.165) is 25.3 Å². The van der Waals surface area contributed by atoms with Crippen molar-refractivity contribution in [3.05, 3.63) is 0 Å². The Morgan fingerprint density at radius 2 is 1.71 bits per heavy atom. The zero-order valence-corrected chi connectivity index (χ0v) is 12.0. The highest BCUT2D eigenvalue weighted by Crippen LogP contribution is 2.29. The maximum absolute atomic E-state index is 9.60. The topological polar surface area (TPSA) is 23.5 Å². The maximum atomic E-state index is 9.60. The van der Waals surface area contributed by atoms with Gasteiger partial charge in [0.05, 0.1) is 0 Å². The number of aliphatic hydroxyl groups excluding tert-OH is 1. The minimum atomic E-state index is 0.128. The first-order valence-corrected chi connectivity index (χ1v) is 7.45. The molecule has 2 nitrogen and oxygen atoms in total. The lowest BCUT2D eigenvalue weighted by atomic mass is 9.82. The van der Waals surface area contributed by atoms with Gasteiger partial charge in [-0.3, -0.25) is 0 Å². The normalized spacial score (nSPS) is 18.9. The molecule has 2 heteroatoms. The molecule has 1 aliphatic rings. The molecule has 0 saturated heterocycles. The van der Waals surface area contributed by atoms with E-state index in [2.05, 4.69) is 25.8 Å².